The third-order valence-corrected chi connectivity index (χ3v) is 5.14. The summed E-state index contributed by atoms with van der Waals surface area (Å²) in [6.45, 7) is 4.07. The van der Waals surface area contributed by atoms with Crippen molar-refractivity contribution in [3.8, 4) is 0 Å². The minimum Gasteiger partial charge on any atom is -0.393 e. The fourth-order valence-electron chi connectivity index (χ4n) is 3.61. The van der Waals surface area contributed by atoms with Crippen LogP contribution in [0.2, 0.25) is 0 Å². The maximum atomic E-state index is 10.2. The number of allylic oxidation sites excluding steroid dienone is 1. The number of ether oxygens (including phenoxy) is 1. The molecule has 1 aliphatic carbocycles. The summed E-state index contributed by atoms with van der Waals surface area (Å²) >= 11 is 0. The fraction of sp³-hybridized carbons (Fsp3) is 0.591. The maximum absolute atomic E-state index is 10.2. The molecule has 1 saturated carbocycles. The lowest BCUT2D eigenvalue weighted by Gasteiger charge is -2.28. The first-order valence-electron chi connectivity index (χ1n) is 10.2. The zero-order valence-electron chi connectivity index (χ0n) is 16.2. The van der Waals surface area contributed by atoms with Gasteiger partial charge in [0.15, 0.2) is 0 Å². The summed E-state index contributed by atoms with van der Waals surface area (Å²) in [6.07, 6.45) is 8.55. The monoisotopic (exact) mass is 372 g/mol. The molecule has 1 saturated heterocycles. The zero-order chi connectivity index (χ0) is 18.7. The molecule has 2 aliphatic rings. The molecular weight excluding hydrogens is 340 g/mol. The van der Waals surface area contributed by atoms with Crippen LogP contribution in [0.4, 0.5) is 0 Å². The Labute approximate surface area is 162 Å². The number of benzene rings is 1. The predicted molar refractivity (Wildman–Crippen MR) is 109 cm³/mol. The summed E-state index contributed by atoms with van der Waals surface area (Å²) in [4.78, 5) is 7.79. The summed E-state index contributed by atoms with van der Waals surface area (Å²) in [7, 11) is 0. The van der Waals surface area contributed by atoms with Crippen molar-refractivity contribution in [3.63, 3.8) is 0 Å². The van der Waals surface area contributed by atoms with Crippen LogP contribution in [0.15, 0.2) is 41.1 Å². The van der Waals surface area contributed by atoms with Crippen molar-refractivity contribution in [2.45, 2.75) is 44.6 Å². The second-order valence-corrected chi connectivity index (χ2v) is 7.40. The lowest BCUT2D eigenvalue weighted by atomic mass is 9.93. The average molecular weight is 373 g/mol. The van der Waals surface area contributed by atoms with Crippen molar-refractivity contribution in [2.24, 2.45) is 5.16 Å². The van der Waals surface area contributed by atoms with E-state index in [2.05, 4.69) is 40.4 Å². The van der Waals surface area contributed by atoms with Gasteiger partial charge in [-0.05, 0) is 42.9 Å². The van der Waals surface area contributed by atoms with Crippen molar-refractivity contribution in [1.29, 1.82) is 0 Å². The summed E-state index contributed by atoms with van der Waals surface area (Å²) in [5.74, 6) is 0. The van der Waals surface area contributed by atoms with Gasteiger partial charge in [0.05, 0.1) is 18.9 Å². The first-order valence-corrected chi connectivity index (χ1v) is 10.2. The van der Waals surface area contributed by atoms with Crippen LogP contribution in [0.25, 0.3) is 6.08 Å². The molecule has 1 unspecified atom stereocenters. The molecule has 2 fully saturated rings. The zero-order valence-corrected chi connectivity index (χ0v) is 16.2. The molecule has 1 N–H and O–H groups in total. The topological polar surface area (TPSA) is 54.3 Å². The third kappa shape index (κ3) is 7.09. The molecule has 3 rings (SSSR count). The van der Waals surface area contributed by atoms with E-state index in [0.29, 0.717) is 6.54 Å². The van der Waals surface area contributed by atoms with E-state index in [9.17, 15) is 5.11 Å². The summed E-state index contributed by atoms with van der Waals surface area (Å²) in [5.41, 5.74) is 3.51. The van der Waals surface area contributed by atoms with Gasteiger partial charge < -0.3 is 14.7 Å². The van der Waals surface area contributed by atoms with Crippen LogP contribution in [-0.2, 0) is 9.57 Å². The van der Waals surface area contributed by atoms with Crippen molar-refractivity contribution < 1.29 is 14.7 Å². The molecule has 0 aromatic heterocycles. The molecule has 1 atom stereocenters. The molecular formula is C22H32N2O3. The normalized spacial score (nSPS) is 23.7. The molecule has 0 spiro atoms. The van der Waals surface area contributed by atoms with E-state index < -0.39 is 6.10 Å². The molecule has 1 aromatic rings. The predicted octanol–water partition coefficient (Wildman–Crippen LogP) is 3.49. The van der Waals surface area contributed by atoms with Crippen LogP contribution in [-0.4, -0.2) is 61.3 Å². The third-order valence-electron chi connectivity index (χ3n) is 5.14. The van der Waals surface area contributed by atoms with Crippen LogP contribution in [0.3, 0.4) is 0 Å². The number of oxime groups is 1. The van der Waals surface area contributed by atoms with Gasteiger partial charge in [-0.25, -0.2) is 0 Å². The molecule has 5 heteroatoms. The van der Waals surface area contributed by atoms with E-state index in [1.807, 2.05) is 6.07 Å². The lowest BCUT2D eigenvalue weighted by Crippen LogP contribution is -2.42. The molecule has 0 radical (unpaired) electrons. The van der Waals surface area contributed by atoms with Gasteiger partial charge in [-0.15, -0.1) is 0 Å². The van der Waals surface area contributed by atoms with Crippen LogP contribution < -0.4 is 0 Å². The highest BCUT2D eigenvalue weighted by atomic mass is 16.6. The van der Waals surface area contributed by atoms with Gasteiger partial charge in [-0.3, -0.25) is 4.90 Å². The number of aliphatic hydroxyl groups excluding tert-OH is 1. The second-order valence-electron chi connectivity index (χ2n) is 7.40. The minimum atomic E-state index is -0.525. The SMILES string of the molecule is OC(CO/N=C1\CCCCCC\C1=C\c1ccccc1)CN1CCOCC1. The standard InChI is InChI=1S/C22H32N2O3/c25-21(17-24-12-14-26-15-13-24)18-27-23-22-11-7-2-1-6-10-20(22)16-19-8-4-3-5-9-19/h3-5,8-9,16,21,25H,1-2,6-7,10-15,17-18H2/b20-16-,23-22+. The van der Waals surface area contributed by atoms with E-state index >= 15 is 0 Å². The number of nitrogens with zero attached hydrogens (tertiary/aromatic N) is 2. The smallest absolute Gasteiger partial charge is 0.144 e. The van der Waals surface area contributed by atoms with Gasteiger partial charge in [0.25, 0.3) is 0 Å². The van der Waals surface area contributed by atoms with Gasteiger partial charge in [-0.2, -0.15) is 0 Å². The van der Waals surface area contributed by atoms with Crippen molar-refractivity contribution in [3.05, 3.63) is 41.5 Å². The molecule has 1 heterocycles. The number of β-amino-alcohol motifs (C(OH)–C–C–N with tert-alkyl or cyclic N) is 1. The highest BCUT2D eigenvalue weighted by Gasteiger charge is 2.16. The van der Waals surface area contributed by atoms with Gasteiger partial charge in [0.2, 0.25) is 0 Å². The number of hydrogen-bond donors (Lipinski definition) is 1. The summed E-state index contributed by atoms with van der Waals surface area (Å²) in [6, 6.07) is 10.4. The van der Waals surface area contributed by atoms with Crippen LogP contribution in [0.1, 0.15) is 44.1 Å². The van der Waals surface area contributed by atoms with Crippen molar-refractivity contribution in [1.82, 2.24) is 4.90 Å². The Bertz CT molecular complexity index is 609. The van der Waals surface area contributed by atoms with Crippen LogP contribution in [0.5, 0.6) is 0 Å². The molecule has 1 aromatic carbocycles. The quantitative estimate of drug-likeness (QED) is 0.777. The highest BCUT2D eigenvalue weighted by molar-refractivity contribution is 6.03. The van der Waals surface area contributed by atoms with E-state index in [4.69, 9.17) is 9.57 Å². The van der Waals surface area contributed by atoms with Gasteiger partial charge in [0, 0.05) is 19.6 Å². The summed E-state index contributed by atoms with van der Waals surface area (Å²) in [5, 5.41) is 14.7. The van der Waals surface area contributed by atoms with Gasteiger partial charge in [-0.1, -0.05) is 48.3 Å². The second kappa shape index (κ2) is 11.2. The molecule has 1 aliphatic heterocycles. The van der Waals surface area contributed by atoms with E-state index in [-0.39, 0.29) is 6.61 Å². The molecule has 27 heavy (non-hydrogen) atoms. The van der Waals surface area contributed by atoms with Crippen LogP contribution in [0, 0.1) is 0 Å². The molecule has 0 amide bonds. The Kier molecular flexibility index (Phi) is 8.33. The molecule has 148 valence electrons. The Morgan fingerprint density at radius 1 is 1.07 bits per heavy atom. The lowest BCUT2D eigenvalue weighted by molar-refractivity contribution is -0.0132. The van der Waals surface area contributed by atoms with Crippen molar-refractivity contribution >= 4 is 11.8 Å². The largest absolute Gasteiger partial charge is 0.393 e. The highest BCUT2D eigenvalue weighted by Crippen LogP contribution is 2.22. The Hall–Kier alpha value is -1.69. The van der Waals surface area contributed by atoms with E-state index in [0.717, 1.165) is 51.3 Å². The number of aliphatic hydroxyl groups is 1. The minimum absolute atomic E-state index is 0.236. The van der Waals surface area contributed by atoms with Crippen LogP contribution >= 0.6 is 0 Å². The van der Waals surface area contributed by atoms with E-state index in [1.54, 1.807) is 0 Å². The van der Waals surface area contributed by atoms with Gasteiger partial charge >= 0.3 is 0 Å². The molecule has 5 nitrogen and oxygen atoms in total. The Balaban J connectivity index is 1.58. The Morgan fingerprint density at radius 3 is 2.59 bits per heavy atom. The average Bonchev–Trinajstić information content (AvgIpc) is 2.68. The maximum Gasteiger partial charge on any atom is 0.144 e. The first-order chi connectivity index (χ1) is 13.3. The Morgan fingerprint density at radius 2 is 1.81 bits per heavy atom. The van der Waals surface area contributed by atoms with Gasteiger partial charge in [0.1, 0.15) is 12.7 Å². The number of morpholine rings is 1. The summed E-state index contributed by atoms with van der Waals surface area (Å²) < 4.78 is 5.34. The number of hydrogen-bond acceptors (Lipinski definition) is 5. The molecule has 0 bridgehead atoms. The first kappa shape index (κ1) is 20.1. The van der Waals surface area contributed by atoms with Crippen molar-refractivity contribution in [2.75, 3.05) is 39.5 Å². The van der Waals surface area contributed by atoms with E-state index in [1.165, 1.54) is 30.4 Å². The fourth-order valence-corrected chi connectivity index (χ4v) is 3.61. The number of rotatable bonds is 6.